The highest BCUT2D eigenvalue weighted by atomic mass is 16.4. The summed E-state index contributed by atoms with van der Waals surface area (Å²) in [5.74, 6) is 1.16. The lowest BCUT2D eigenvalue weighted by Gasteiger charge is -2.47. The zero-order chi connectivity index (χ0) is 14.7. The lowest BCUT2D eigenvalue weighted by atomic mass is 9.63. The highest BCUT2D eigenvalue weighted by Crippen LogP contribution is 2.49. The molecule has 1 aliphatic carbocycles. The smallest absolute Gasteiger partial charge is 0.230 e. The number of nitrogens with zero attached hydrogens (tertiary/aromatic N) is 2. The van der Waals surface area contributed by atoms with E-state index in [4.69, 9.17) is 4.42 Å². The molecule has 3 rings (SSSR count). The van der Waals surface area contributed by atoms with Crippen LogP contribution in [0.1, 0.15) is 42.6 Å². The zero-order valence-corrected chi connectivity index (χ0v) is 12.2. The summed E-state index contributed by atoms with van der Waals surface area (Å²) in [6.07, 6.45) is 3.25. The Morgan fingerprint density at radius 1 is 1.29 bits per heavy atom. The van der Waals surface area contributed by atoms with E-state index in [0.717, 1.165) is 12.8 Å². The van der Waals surface area contributed by atoms with Crippen LogP contribution in [0.5, 0.6) is 0 Å². The number of hydrogen-bond donors (Lipinski definition) is 2. The van der Waals surface area contributed by atoms with Gasteiger partial charge in [0.05, 0.1) is 13.2 Å². The van der Waals surface area contributed by atoms with Crippen LogP contribution in [0.2, 0.25) is 0 Å². The summed E-state index contributed by atoms with van der Waals surface area (Å²) in [6.45, 7) is 2.50. The van der Waals surface area contributed by atoms with Gasteiger partial charge in [0.2, 0.25) is 11.8 Å². The third-order valence-electron chi connectivity index (χ3n) is 4.43. The maximum absolute atomic E-state index is 9.88. The van der Waals surface area contributed by atoms with Crippen LogP contribution in [0.15, 0.2) is 34.7 Å². The van der Waals surface area contributed by atoms with Crippen molar-refractivity contribution in [2.24, 2.45) is 5.41 Å². The van der Waals surface area contributed by atoms with Crippen LogP contribution in [0.3, 0.4) is 0 Å². The Balaban J connectivity index is 1.79. The Bertz CT molecular complexity index is 573. The summed E-state index contributed by atoms with van der Waals surface area (Å²) in [6, 6.07) is 10.4. The summed E-state index contributed by atoms with van der Waals surface area (Å²) in [5.41, 5.74) is 1.12. The molecule has 2 N–H and O–H groups in total. The standard InChI is InChI=1S/C16H21N3O2/c1-12-18-19-14(21-12)10-17-15(13-6-3-2-4-7-13)16(11-20)8-5-9-16/h2-4,6-7,15,17,20H,5,8-11H2,1H3. The van der Waals surface area contributed by atoms with Gasteiger partial charge < -0.3 is 14.8 Å². The maximum Gasteiger partial charge on any atom is 0.230 e. The molecule has 0 aliphatic heterocycles. The van der Waals surface area contributed by atoms with E-state index in [1.807, 2.05) is 18.2 Å². The van der Waals surface area contributed by atoms with E-state index < -0.39 is 0 Å². The third-order valence-corrected chi connectivity index (χ3v) is 4.43. The fraction of sp³-hybridized carbons (Fsp3) is 0.500. The first-order valence-corrected chi connectivity index (χ1v) is 7.42. The van der Waals surface area contributed by atoms with Gasteiger partial charge in [0.25, 0.3) is 0 Å². The van der Waals surface area contributed by atoms with Crippen molar-refractivity contribution in [1.82, 2.24) is 15.5 Å². The van der Waals surface area contributed by atoms with Gasteiger partial charge in [-0.15, -0.1) is 10.2 Å². The number of aliphatic hydroxyl groups excluding tert-OH is 1. The van der Waals surface area contributed by atoms with Crippen LogP contribution >= 0.6 is 0 Å². The van der Waals surface area contributed by atoms with E-state index in [9.17, 15) is 5.11 Å². The SMILES string of the molecule is Cc1nnc(CNC(c2ccccc2)C2(CO)CCC2)o1. The minimum atomic E-state index is -0.0730. The van der Waals surface area contributed by atoms with Crippen LogP contribution in [-0.4, -0.2) is 21.9 Å². The second-order valence-electron chi connectivity index (χ2n) is 5.81. The van der Waals surface area contributed by atoms with Crippen molar-refractivity contribution in [2.75, 3.05) is 6.61 Å². The first kappa shape index (κ1) is 14.2. The molecule has 1 aliphatic rings. The van der Waals surface area contributed by atoms with E-state index >= 15 is 0 Å². The summed E-state index contributed by atoms with van der Waals surface area (Å²) in [5, 5.41) is 21.3. The fourth-order valence-electron chi connectivity index (χ4n) is 3.10. The van der Waals surface area contributed by atoms with Crippen molar-refractivity contribution < 1.29 is 9.52 Å². The van der Waals surface area contributed by atoms with Crippen LogP contribution in [0.25, 0.3) is 0 Å². The molecule has 2 aromatic rings. The van der Waals surface area contributed by atoms with E-state index in [2.05, 4.69) is 27.6 Å². The highest BCUT2D eigenvalue weighted by molar-refractivity contribution is 5.23. The summed E-state index contributed by atoms with van der Waals surface area (Å²) in [4.78, 5) is 0. The molecule has 21 heavy (non-hydrogen) atoms. The number of aromatic nitrogens is 2. The average molecular weight is 287 g/mol. The monoisotopic (exact) mass is 287 g/mol. The number of benzene rings is 1. The van der Waals surface area contributed by atoms with Crippen molar-refractivity contribution in [2.45, 2.75) is 38.8 Å². The van der Waals surface area contributed by atoms with Crippen LogP contribution < -0.4 is 5.32 Å². The second-order valence-corrected chi connectivity index (χ2v) is 5.81. The Morgan fingerprint density at radius 3 is 2.57 bits per heavy atom. The molecule has 112 valence electrons. The molecule has 5 nitrogen and oxygen atoms in total. The Hall–Kier alpha value is -1.72. The maximum atomic E-state index is 9.88. The summed E-state index contributed by atoms with van der Waals surface area (Å²) >= 11 is 0. The average Bonchev–Trinajstić information content (AvgIpc) is 2.88. The second kappa shape index (κ2) is 5.95. The number of hydrogen-bond acceptors (Lipinski definition) is 5. The topological polar surface area (TPSA) is 71.2 Å². The molecule has 0 saturated heterocycles. The van der Waals surface area contributed by atoms with Gasteiger partial charge in [-0.3, -0.25) is 0 Å². The van der Waals surface area contributed by atoms with Crippen molar-refractivity contribution in [3.05, 3.63) is 47.7 Å². The van der Waals surface area contributed by atoms with Crippen LogP contribution in [0, 0.1) is 12.3 Å². The molecule has 1 unspecified atom stereocenters. The lowest BCUT2D eigenvalue weighted by Crippen LogP contribution is -2.45. The van der Waals surface area contributed by atoms with Crippen molar-refractivity contribution in [3.63, 3.8) is 0 Å². The minimum Gasteiger partial charge on any atom is -0.424 e. The molecule has 1 aromatic carbocycles. The van der Waals surface area contributed by atoms with E-state index in [1.54, 1.807) is 6.92 Å². The van der Waals surface area contributed by atoms with E-state index in [0.29, 0.717) is 18.3 Å². The van der Waals surface area contributed by atoms with Gasteiger partial charge in [-0.25, -0.2) is 0 Å². The summed E-state index contributed by atoms with van der Waals surface area (Å²) in [7, 11) is 0. The van der Waals surface area contributed by atoms with Crippen molar-refractivity contribution in [3.8, 4) is 0 Å². The van der Waals surface area contributed by atoms with Crippen molar-refractivity contribution >= 4 is 0 Å². The number of nitrogens with one attached hydrogen (secondary N) is 1. The minimum absolute atomic E-state index is 0.0730. The molecule has 1 saturated carbocycles. The van der Waals surface area contributed by atoms with Gasteiger partial charge >= 0.3 is 0 Å². The normalized spacial score (nSPS) is 18.2. The molecule has 0 spiro atoms. The van der Waals surface area contributed by atoms with Gasteiger partial charge in [0.15, 0.2) is 0 Å². The van der Waals surface area contributed by atoms with Gasteiger partial charge in [-0.1, -0.05) is 36.8 Å². The largest absolute Gasteiger partial charge is 0.424 e. The molecular formula is C16H21N3O2. The molecule has 1 heterocycles. The number of aryl methyl sites for hydroxylation is 1. The molecule has 0 radical (unpaired) electrons. The number of rotatable bonds is 6. The van der Waals surface area contributed by atoms with Crippen molar-refractivity contribution in [1.29, 1.82) is 0 Å². The molecule has 5 heteroatoms. The quantitative estimate of drug-likeness (QED) is 0.853. The Kier molecular flexibility index (Phi) is 4.03. The first-order valence-electron chi connectivity index (χ1n) is 7.42. The fourth-order valence-corrected chi connectivity index (χ4v) is 3.10. The van der Waals surface area contributed by atoms with Gasteiger partial charge in [0.1, 0.15) is 0 Å². The van der Waals surface area contributed by atoms with E-state index in [-0.39, 0.29) is 18.1 Å². The summed E-state index contributed by atoms with van der Waals surface area (Å²) < 4.78 is 5.42. The zero-order valence-electron chi connectivity index (χ0n) is 12.2. The molecule has 1 aromatic heterocycles. The van der Waals surface area contributed by atoms with Crippen LogP contribution in [0.4, 0.5) is 0 Å². The molecule has 1 fully saturated rings. The molecule has 1 atom stereocenters. The van der Waals surface area contributed by atoms with Crippen LogP contribution in [-0.2, 0) is 6.54 Å². The predicted molar refractivity (Wildman–Crippen MR) is 78.4 cm³/mol. The predicted octanol–water partition coefficient (Wildman–Crippen LogP) is 2.37. The van der Waals surface area contributed by atoms with E-state index in [1.165, 1.54) is 12.0 Å². The third kappa shape index (κ3) is 2.84. The van der Waals surface area contributed by atoms with Gasteiger partial charge in [-0.05, 0) is 18.4 Å². The Morgan fingerprint density at radius 2 is 2.05 bits per heavy atom. The van der Waals surface area contributed by atoms with Gasteiger partial charge in [-0.2, -0.15) is 0 Å². The molecule has 0 bridgehead atoms. The molecule has 0 amide bonds. The Labute approximate surface area is 124 Å². The first-order chi connectivity index (χ1) is 10.2. The van der Waals surface area contributed by atoms with Gasteiger partial charge in [0, 0.05) is 18.4 Å². The lowest BCUT2D eigenvalue weighted by molar-refractivity contribution is 0.00389. The molecular weight excluding hydrogens is 266 g/mol. The number of aliphatic hydroxyl groups is 1. The highest BCUT2D eigenvalue weighted by Gasteiger charge is 2.44.